The molecule has 114 valence electrons. The molecule has 21 heavy (non-hydrogen) atoms. The van der Waals surface area contributed by atoms with Gasteiger partial charge in [-0.3, -0.25) is 4.68 Å². The highest BCUT2D eigenvalue weighted by Gasteiger charge is 2.09. The van der Waals surface area contributed by atoms with E-state index < -0.39 is 0 Å². The number of nitrogens with zero attached hydrogens (tertiary/aromatic N) is 3. The van der Waals surface area contributed by atoms with Crippen LogP contribution in [0.15, 0.2) is 30.5 Å². The van der Waals surface area contributed by atoms with Gasteiger partial charge < -0.3 is 10.5 Å². The molecule has 0 saturated carbocycles. The van der Waals surface area contributed by atoms with E-state index in [4.69, 9.17) is 10.5 Å². The molecule has 1 aromatic heterocycles. The average Bonchev–Trinajstić information content (AvgIpc) is 2.93. The molecule has 1 heterocycles. The Kier molecular flexibility index (Phi) is 5.75. The second kappa shape index (κ2) is 7.78. The summed E-state index contributed by atoms with van der Waals surface area (Å²) in [6.07, 6.45) is 4.82. The molecule has 2 rings (SSSR count). The first-order valence-corrected chi connectivity index (χ1v) is 7.54. The highest BCUT2D eigenvalue weighted by Crippen LogP contribution is 2.13. The molecule has 0 spiro atoms. The molecule has 0 aliphatic heterocycles. The van der Waals surface area contributed by atoms with E-state index in [0.29, 0.717) is 6.61 Å². The van der Waals surface area contributed by atoms with Gasteiger partial charge in [-0.05, 0) is 31.0 Å². The van der Waals surface area contributed by atoms with Crippen molar-refractivity contribution in [2.45, 2.75) is 45.7 Å². The molecule has 0 fully saturated rings. The van der Waals surface area contributed by atoms with Gasteiger partial charge in [0.25, 0.3) is 0 Å². The van der Waals surface area contributed by atoms with Gasteiger partial charge >= 0.3 is 0 Å². The topological polar surface area (TPSA) is 66.0 Å². The van der Waals surface area contributed by atoms with Crippen LogP contribution in [-0.2, 0) is 6.54 Å². The molecule has 0 aliphatic rings. The number of rotatable bonds is 8. The summed E-state index contributed by atoms with van der Waals surface area (Å²) in [6, 6.07) is 8.07. The number of aromatic nitrogens is 3. The number of hydrogen-bond acceptors (Lipinski definition) is 4. The molecule has 0 amide bonds. The van der Waals surface area contributed by atoms with Crippen molar-refractivity contribution in [3.05, 3.63) is 41.7 Å². The Labute approximate surface area is 126 Å². The smallest absolute Gasteiger partial charge is 0.119 e. The first-order valence-electron chi connectivity index (χ1n) is 7.54. The van der Waals surface area contributed by atoms with Crippen LogP contribution >= 0.6 is 0 Å². The monoisotopic (exact) mass is 288 g/mol. The summed E-state index contributed by atoms with van der Waals surface area (Å²) < 4.78 is 7.55. The molecule has 5 nitrogen and oxygen atoms in total. The van der Waals surface area contributed by atoms with Crippen LogP contribution in [0.25, 0.3) is 0 Å². The predicted molar refractivity (Wildman–Crippen MR) is 83.1 cm³/mol. The van der Waals surface area contributed by atoms with Crippen molar-refractivity contribution in [2.24, 2.45) is 5.73 Å². The third-order valence-corrected chi connectivity index (χ3v) is 3.33. The van der Waals surface area contributed by atoms with Gasteiger partial charge in [-0.2, -0.15) is 0 Å². The lowest BCUT2D eigenvalue weighted by atomic mass is 10.1. The van der Waals surface area contributed by atoms with Crippen LogP contribution in [0.4, 0.5) is 0 Å². The van der Waals surface area contributed by atoms with Crippen molar-refractivity contribution >= 4 is 0 Å². The van der Waals surface area contributed by atoms with Gasteiger partial charge in [-0.25, -0.2) is 0 Å². The van der Waals surface area contributed by atoms with Gasteiger partial charge in [0, 0.05) is 13.0 Å². The van der Waals surface area contributed by atoms with Crippen molar-refractivity contribution in [2.75, 3.05) is 6.61 Å². The second-order valence-electron chi connectivity index (χ2n) is 5.32. The van der Waals surface area contributed by atoms with Crippen LogP contribution in [0.2, 0.25) is 0 Å². The van der Waals surface area contributed by atoms with Crippen LogP contribution in [0.5, 0.6) is 5.75 Å². The van der Waals surface area contributed by atoms with E-state index in [1.807, 2.05) is 29.1 Å². The SMILES string of the molecule is CCCC(N)c1cn(CCCOc2cccc(C)c2)nn1. The summed E-state index contributed by atoms with van der Waals surface area (Å²) in [6.45, 7) is 5.63. The van der Waals surface area contributed by atoms with Crippen LogP contribution in [-0.4, -0.2) is 21.6 Å². The average molecular weight is 288 g/mol. The zero-order chi connectivity index (χ0) is 15.1. The van der Waals surface area contributed by atoms with Crippen LogP contribution in [0.1, 0.15) is 43.5 Å². The number of benzene rings is 1. The van der Waals surface area contributed by atoms with Gasteiger partial charge in [0.2, 0.25) is 0 Å². The maximum atomic E-state index is 6.02. The normalized spacial score (nSPS) is 12.3. The summed E-state index contributed by atoms with van der Waals surface area (Å²) >= 11 is 0. The van der Waals surface area contributed by atoms with E-state index in [1.165, 1.54) is 5.56 Å². The Balaban J connectivity index is 1.74. The van der Waals surface area contributed by atoms with Crippen molar-refractivity contribution in [1.29, 1.82) is 0 Å². The maximum Gasteiger partial charge on any atom is 0.119 e. The standard InChI is InChI=1S/C16H24N4O/c1-3-6-15(17)16-12-20(19-18-16)9-5-10-21-14-8-4-7-13(2)11-14/h4,7-8,11-12,15H,3,5-6,9-10,17H2,1-2H3. The first kappa shape index (κ1) is 15.5. The minimum atomic E-state index is -0.00714. The molecule has 0 aliphatic carbocycles. The minimum absolute atomic E-state index is 0.00714. The predicted octanol–water partition coefficient (Wildman–Crippen LogP) is 2.86. The summed E-state index contributed by atoms with van der Waals surface area (Å²) in [4.78, 5) is 0. The minimum Gasteiger partial charge on any atom is -0.494 e. The Bertz CT molecular complexity index is 553. The fraction of sp³-hybridized carbons (Fsp3) is 0.500. The summed E-state index contributed by atoms with van der Waals surface area (Å²) in [5, 5.41) is 8.24. The molecule has 1 aromatic carbocycles. The molecule has 2 aromatic rings. The molecular formula is C16H24N4O. The Morgan fingerprint density at radius 1 is 1.38 bits per heavy atom. The quantitative estimate of drug-likeness (QED) is 0.759. The number of nitrogens with two attached hydrogens (primary N) is 1. The first-order chi connectivity index (χ1) is 10.2. The van der Waals surface area contributed by atoms with Crippen molar-refractivity contribution < 1.29 is 4.74 Å². The Morgan fingerprint density at radius 2 is 2.24 bits per heavy atom. The van der Waals surface area contributed by atoms with E-state index in [-0.39, 0.29) is 6.04 Å². The van der Waals surface area contributed by atoms with Gasteiger partial charge in [0.1, 0.15) is 5.75 Å². The fourth-order valence-corrected chi connectivity index (χ4v) is 2.17. The van der Waals surface area contributed by atoms with Crippen LogP contribution in [0.3, 0.4) is 0 Å². The molecule has 0 saturated heterocycles. The van der Waals surface area contributed by atoms with E-state index in [1.54, 1.807) is 0 Å². The molecule has 2 N–H and O–H groups in total. The molecule has 5 heteroatoms. The van der Waals surface area contributed by atoms with Gasteiger partial charge in [0.15, 0.2) is 0 Å². The largest absolute Gasteiger partial charge is 0.494 e. The van der Waals surface area contributed by atoms with Crippen molar-refractivity contribution in [1.82, 2.24) is 15.0 Å². The number of aryl methyl sites for hydroxylation is 2. The fourth-order valence-electron chi connectivity index (χ4n) is 2.17. The number of ether oxygens (including phenoxy) is 1. The lowest BCUT2D eigenvalue weighted by Gasteiger charge is -2.07. The highest BCUT2D eigenvalue weighted by molar-refractivity contribution is 5.27. The Hall–Kier alpha value is -1.88. The van der Waals surface area contributed by atoms with Gasteiger partial charge in [0.05, 0.1) is 24.5 Å². The zero-order valence-corrected chi connectivity index (χ0v) is 12.8. The molecule has 1 unspecified atom stereocenters. The maximum absolute atomic E-state index is 6.02. The van der Waals surface area contributed by atoms with E-state index in [9.17, 15) is 0 Å². The third-order valence-electron chi connectivity index (χ3n) is 3.33. The lowest BCUT2D eigenvalue weighted by molar-refractivity contribution is 0.298. The summed E-state index contributed by atoms with van der Waals surface area (Å²) in [5.41, 5.74) is 8.10. The molecule has 0 radical (unpaired) electrons. The number of hydrogen-bond donors (Lipinski definition) is 1. The van der Waals surface area contributed by atoms with Crippen molar-refractivity contribution in [3.8, 4) is 5.75 Å². The van der Waals surface area contributed by atoms with E-state index in [0.717, 1.165) is 37.3 Å². The van der Waals surface area contributed by atoms with E-state index in [2.05, 4.69) is 30.2 Å². The van der Waals surface area contributed by atoms with Crippen LogP contribution in [0, 0.1) is 6.92 Å². The third kappa shape index (κ3) is 4.86. The molecule has 0 bridgehead atoms. The molecular weight excluding hydrogens is 264 g/mol. The lowest BCUT2D eigenvalue weighted by Crippen LogP contribution is -2.10. The molecule has 1 atom stereocenters. The van der Waals surface area contributed by atoms with Gasteiger partial charge in [-0.1, -0.05) is 30.7 Å². The zero-order valence-electron chi connectivity index (χ0n) is 12.8. The van der Waals surface area contributed by atoms with Crippen LogP contribution < -0.4 is 10.5 Å². The van der Waals surface area contributed by atoms with Crippen molar-refractivity contribution in [3.63, 3.8) is 0 Å². The summed E-state index contributed by atoms with van der Waals surface area (Å²) in [5.74, 6) is 0.916. The Morgan fingerprint density at radius 3 is 3.00 bits per heavy atom. The highest BCUT2D eigenvalue weighted by atomic mass is 16.5. The van der Waals surface area contributed by atoms with Gasteiger partial charge in [-0.15, -0.1) is 5.10 Å². The summed E-state index contributed by atoms with van der Waals surface area (Å²) in [7, 11) is 0. The second-order valence-corrected chi connectivity index (χ2v) is 5.32. The van der Waals surface area contributed by atoms with E-state index >= 15 is 0 Å².